The van der Waals surface area contributed by atoms with Gasteiger partial charge in [-0.25, -0.2) is 4.98 Å². The Labute approximate surface area is 161 Å². The van der Waals surface area contributed by atoms with Crippen molar-refractivity contribution in [2.24, 2.45) is 0 Å². The Kier molecular flexibility index (Phi) is 3.35. The first-order chi connectivity index (χ1) is 13.7. The molecule has 144 valence electrons. The van der Waals surface area contributed by atoms with Gasteiger partial charge >= 0.3 is 0 Å². The van der Waals surface area contributed by atoms with Gasteiger partial charge in [0, 0.05) is 48.4 Å². The molecule has 8 heteroatoms. The molecule has 7 rings (SSSR count). The van der Waals surface area contributed by atoms with Gasteiger partial charge in [0.1, 0.15) is 17.1 Å². The van der Waals surface area contributed by atoms with Gasteiger partial charge in [-0.2, -0.15) is 5.10 Å². The van der Waals surface area contributed by atoms with Crippen LogP contribution in [0.5, 0.6) is 0 Å². The molecule has 1 amide bonds. The van der Waals surface area contributed by atoms with E-state index in [9.17, 15) is 4.79 Å². The lowest BCUT2D eigenvalue weighted by Gasteiger charge is -2.48. The first-order valence-electron chi connectivity index (χ1n) is 9.91. The number of piperazine rings is 1. The van der Waals surface area contributed by atoms with Crippen molar-refractivity contribution in [2.45, 2.75) is 44.2 Å². The Morgan fingerprint density at radius 2 is 2.11 bits per heavy atom. The van der Waals surface area contributed by atoms with E-state index in [0.29, 0.717) is 40.9 Å². The molecule has 3 aromatic rings. The van der Waals surface area contributed by atoms with Crippen molar-refractivity contribution in [1.29, 1.82) is 0 Å². The zero-order valence-electron chi connectivity index (χ0n) is 15.7. The minimum absolute atomic E-state index is 0.0317. The van der Waals surface area contributed by atoms with Crippen molar-refractivity contribution >= 4 is 28.5 Å². The number of hydrogen-bond acceptors (Lipinski definition) is 6. The second-order valence-corrected chi connectivity index (χ2v) is 8.21. The second-order valence-electron chi connectivity index (χ2n) is 8.21. The van der Waals surface area contributed by atoms with Gasteiger partial charge in [-0.1, -0.05) is 0 Å². The summed E-state index contributed by atoms with van der Waals surface area (Å²) in [7, 11) is 0. The number of furan rings is 1. The topological polar surface area (TPSA) is 99.1 Å². The number of fused-ring (bicyclic) bond motifs is 3. The molecule has 6 heterocycles. The molecule has 1 saturated carbocycles. The molecule has 8 nitrogen and oxygen atoms in total. The highest BCUT2D eigenvalue weighted by Gasteiger charge is 2.39. The fourth-order valence-electron chi connectivity index (χ4n) is 4.41. The molecule has 0 radical (unpaired) electrons. The van der Waals surface area contributed by atoms with Crippen LogP contribution in [0.3, 0.4) is 0 Å². The highest BCUT2D eigenvalue weighted by Crippen LogP contribution is 2.40. The minimum Gasteiger partial charge on any atom is -0.464 e. The lowest BCUT2D eigenvalue weighted by atomic mass is 9.91. The van der Waals surface area contributed by atoms with Gasteiger partial charge in [0.25, 0.3) is 5.91 Å². The molecular formula is C20H22N6O2. The maximum absolute atomic E-state index is 13.2. The lowest BCUT2D eigenvalue weighted by molar-refractivity contribution is 0.0468. The van der Waals surface area contributed by atoms with Crippen LogP contribution in [0.1, 0.15) is 46.9 Å². The maximum Gasteiger partial charge on any atom is 0.273 e. The number of nitrogens with zero attached hydrogens (tertiary/aromatic N) is 3. The summed E-state index contributed by atoms with van der Waals surface area (Å²) in [5, 5.41) is 15.0. The molecule has 3 aromatic heterocycles. The summed E-state index contributed by atoms with van der Waals surface area (Å²) in [5.41, 5.74) is 3.07. The molecule has 4 aliphatic rings. The Morgan fingerprint density at radius 1 is 1.32 bits per heavy atom. The largest absolute Gasteiger partial charge is 0.464 e. The summed E-state index contributed by atoms with van der Waals surface area (Å²) in [4.78, 5) is 19.8. The van der Waals surface area contributed by atoms with Crippen LogP contribution >= 0.6 is 0 Å². The number of H-pyrrole nitrogens is 1. The number of aromatic amines is 1. The van der Waals surface area contributed by atoms with E-state index in [1.807, 2.05) is 24.0 Å². The number of nitrogens with one attached hydrogen (secondary N) is 3. The smallest absolute Gasteiger partial charge is 0.273 e. The van der Waals surface area contributed by atoms with Crippen molar-refractivity contribution < 1.29 is 9.21 Å². The van der Waals surface area contributed by atoms with Crippen LogP contribution in [-0.2, 0) is 0 Å². The molecule has 3 aliphatic heterocycles. The molecule has 4 fully saturated rings. The van der Waals surface area contributed by atoms with Gasteiger partial charge in [0.2, 0.25) is 0 Å². The third kappa shape index (κ3) is 2.51. The molecule has 1 aliphatic carbocycles. The van der Waals surface area contributed by atoms with Crippen LogP contribution in [0.4, 0.5) is 11.6 Å². The Bertz CT molecular complexity index is 1070. The number of carbonyl (C=O) groups is 1. The Hall–Kier alpha value is -2.87. The lowest BCUT2D eigenvalue weighted by Crippen LogP contribution is -2.67. The second kappa shape index (κ2) is 5.81. The first-order valence-corrected chi connectivity index (χ1v) is 9.91. The van der Waals surface area contributed by atoms with Crippen LogP contribution < -0.4 is 10.6 Å². The summed E-state index contributed by atoms with van der Waals surface area (Å²) in [6.07, 6.45) is 5.21. The quantitative estimate of drug-likeness (QED) is 0.646. The number of hydrogen-bond donors (Lipinski definition) is 3. The van der Waals surface area contributed by atoms with Gasteiger partial charge in [-0.05, 0) is 32.3 Å². The molecule has 3 N–H and O–H groups in total. The van der Waals surface area contributed by atoms with E-state index in [1.165, 1.54) is 12.8 Å². The van der Waals surface area contributed by atoms with Crippen LogP contribution in [0.15, 0.2) is 22.8 Å². The number of anilines is 2. The van der Waals surface area contributed by atoms with Gasteiger partial charge in [-0.15, -0.1) is 0 Å². The van der Waals surface area contributed by atoms with E-state index in [2.05, 4.69) is 20.8 Å². The predicted molar refractivity (Wildman–Crippen MR) is 104 cm³/mol. The van der Waals surface area contributed by atoms with Crippen molar-refractivity contribution in [3.05, 3.63) is 35.3 Å². The summed E-state index contributed by atoms with van der Waals surface area (Å²) in [6.45, 7) is 3.37. The molecule has 0 aromatic carbocycles. The third-order valence-corrected chi connectivity index (χ3v) is 6.11. The number of aromatic nitrogens is 3. The summed E-state index contributed by atoms with van der Waals surface area (Å²) >= 11 is 0. The normalized spacial score (nSPS) is 23.7. The first kappa shape index (κ1) is 16.1. The fraction of sp³-hybridized carbons (Fsp3) is 0.450. The van der Waals surface area contributed by atoms with Crippen molar-refractivity contribution in [1.82, 2.24) is 25.4 Å². The highest BCUT2D eigenvalue weighted by molar-refractivity contribution is 6.01. The zero-order valence-corrected chi connectivity index (χ0v) is 15.7. The van der Waals surface area contributed by atoms with E-state index in [-0.39, 0.29) is 5.91 Å². The van der Waals surface area contributed by atoms with Crippen LogP contribution in [-0.4, -0.2) is 51.2 Å². The maximum atomic E-state index is 13.2. The van der Waals surface area contributed by atoms with E-state index >= 15 is 0 Å². The minimum atomic E-state index is -0.0317. The molecule has 2 bridgehead atoms. The average Bonchev–Trinajstić information content (AvgIpc) is 3.22. The van der Waals surface area contributed by atoms with E-state index in [1.54, 1.807) is 6.26 Å². The van der Waals surface area contributed by atoms with Gasteiger partial charge in [0.05, 0.1) is 11.6 Å². The SMILES string of the molecule is Cc1c(C(=O)N2CC3CC(C2)N3)nc(Nc2cc(C3CC3)[nH]n2)c2ccoc12. The monoisotopic (exact) mass is 378 g/mol. The number of piperidine rings is 1. The summed E-state index contributed by atoms with van der Waals surface area (Å²) < 4.78 is 5.70. The highest BCUT2D eigenvalue weighted by atomic mass is 16.3. The van der Waals surface area contributed by atoms with E-state index < -0.39 is 0 Å². The summed E-state index contributed by atoms with van der Waals surface area (Å²) in [5.74, 6) is 1.88. The van der Waals surface area contributed by atoms with E-state index in [0.717, 1.165) is 36.2 Å². The zero-order chi connectivity index (χ0) is 18.8. The van der Waals surface area contributed by atoms with Crippen molar-refractivity contribution in [3.63, 3.8) is 0 Å². The number of pyridine rings is 1. The third-order valence-electron chi connectivity index (χ3n) is 6.11. The molecule has 2 atom stereocenters. The number of amides is 1. The van der Waals surface area contributed by atoms with Crippen molar-refractivity contribution in [3.8, 4) is 0 Å². The van der Waals surface area contributed by atoms with Crippen LogP contribution in [0.2, 0.25) is 0 Å². The number of rotatable bonds is 4. The van der Waals surface area contributed by atoms with E-state index in [4.69, 9.17) is 9.40 Å². The number of carbonyl (C=O) groups excluding carboxylic acids is 1. The molecule has 2 unspecified atom stereocenters. The average molecular weight is 378 g/mol. The molecule has 0 spiro atoms. The van der Waals surface area contributed by atoms with Crippen LogP contribution in [0.25, 0.3) is 11.0 Å². The Morgan fingerprint density at radius 3 is 2.86 bits per heavy atom. The van der Waals surface area contributed by atoms with Gasteiger partial charge in [-0.3, -0.25) is 9.89 Å². The van der Waals surface area contributed by atoms with Gasteiger partial charge in [0.15, 0.2) is 5.82 Å². The van der Waals surface area contributed by atoms with Crippen molar-refractivity contribution in [2.75, 3.05) is 18.4 Å². The molecular weight excluding hydrogens is 356 g/mol. The molecule has 28 heavy (non-hydrogen) atoms. The van der Waals surface area contributed by atoms with Crippen LogP contribution in [0, 0.1) is 6.92 Å². The standard InChI is InChI=1S/C20H22N6O2/c1-10-17(20(27)26-8-12-6-13(9-26)21-12)23-19(14-4-5-28-18(10)14)22-16-7-15(24-25-16)11-2-3-11/h4-5,7,11-13,21H,2-3,6,8-9H2,1H3,(H2,22,23,24,25). The van der Waals surface area contributed by atoms with Gasteiger partial charge < -0.3 is 20.0 Å². The summed E-state index contributed by atoms with van der Waals surface area (Å²) in [6, 6.07) is 4.73. The molecule has 3 saturated heterocycles. The fourth-order valence-corrected chi connectivity index (χ4v) is 4.41. The number of aryl methyl sites for hydroxylation is 1. The Balaban J connectivity index is 1.36. The predicted octanol–water partition coefficient (Wildman–Crippen LogP) is 2.67.